The van der Waals surface area contributed by atoms with Gasteiger partial charge in [-0.05, 0) is 17.7 Å². The Labute approximate surface area is 101 Å². The van der Waals surface area contributed by atoms with Gasteiger partial charge in [0.15, 0.2) is 0 Å². The van der Waals surface area contributed by atoms with Gasteiger partial charge in [-0.15, -0.1) is 0 Å². The summed E-state index contributed by atoms with van der Waals surface area (Å²) in [7, 11) is 0. The third-order valence-electron chi connectivity index (χ3n) is 3.19. The molecule has 4 nitrogen and oxygen atoms in total. The van der Waals surface area contributed by atoms with Gasteiger partial charge in [0.2, 0.25) is 0 Å². The maximum Gasteiger partial charge on any atom is 0.0991 e. The zero-order chi connectivity index (χ0) is 12.1. The first-order valence-electron chi connectivity index (χ1n) is 5.91. The van der Waals surface area contributed by atoms with E-state index < -0.39 is 0 Å². The van der Waals surface area contributed by atoms with Crippen molar-refractivity contribution in [3.8, 4) is 6.07 Å². The van der Waals surface area contributed by atoms with E-state index in [-0.39, 0.29) is 12.6 Å². The summed E-state index contributed by atoms with van der Waals surface area (Å²) in [5.74, 6) is 0. The van der Waals surface area contributed by atoms with Gasteiger partial charge in [-0.1, -0.05) is 12.1 Å². The van der Waals surface area contributed by atoms with Crippen LogP contribution in [-0.4, -0.2) is 42.8 Å². The number of nitriles is 1. The van der Waals surface area contributed by atoms with Crippen molar-refractivity contribution in [2.24, 2.45) is 0 Å². The summed E-state index contributed by atoms with van der Waals surface area (Å²) in [4.78, 5) is 2.28. The number of piperazine rings is 1. The minimum atomic E-state index is 0.0462. The molecule has 1 aliphatic rings. The van der Waals surface area contributed by atoms with E-state index in [9.17, 15) is 5.11 Å². The molecule has 1 aromatic rings. The molecule has 1 atom stereocenters. The lowest BCUT2D eigenvalue weighted by Gasteiger charge is -2.34. The molecule has 2 rings (SSSR count). The third kappa shape index (κ3) is 2.83. The zero-order valence-corrected chi connectivity index (χ0v) is 9.76. The monoisotopic (exact) mass is 231 g/mol. The molecule has 0 saturated carbocycles. The van der Waals surface area contributed by atoms with E-state index in [0.29, 0.717) is 5.56 Å². The number of nitrogens with one attached hydrogen (secondary N) is 1. The summed E-state index contributed by atoms with van der Waals surface area (Å²) in [6.07, 6.45) is 0. The minimum Gasteiger partial charge on any atom is -0.394 e. The van der Waals surface area contributed by atoms with E-state index in [1.165, 1.54) is 0 Å². The van der Waals surface area contributed by atoms with E-state index in [4.69, 9.17) is 5.26 Å². The molecular weight excluding hydrogens is 214 g/mol. The van der Waals surface area contributed by atoms with E-state index in [2.05, 4.69) is 16.3 Å². The normalized spacial score (nSPS) is 18.6. The number of benzene rings is 1. The zero-order valence-electron chi connectivity index (χ0n) is 9.76. The van der Waals surface area contributed by atoms with Crippen LogP contribution in [0.1, 0.15) is 17.2 Å². The van der Waals surface area contributed by atoms with Gasteiger partial charge >= 0.3 is 0 Å². The molecule has 1 saturated heterocycles. The minimum absolute atomic E-state index is 0.0462. The second kappa shape index (κ2) is 5.78. The van der Waals surface area contributed by atoms with Crippen molar-refractivity contribution in [3.63, 3.8) is 0 Å². The number of nitrogens with zero attached hydrogens (tertiary/aromatic N) is 2. The van der Waals surface area contributed by atoms with E-state index in [0.717, 1.165) is 31.7 Å². The molecular formula is C13H17N3O. The molecule has 0 aromatic heterocycles. The summed E-state index contributed by atoms with van der Waals surface area (Å²) in [6.45, 7) is 3.95. The average Bonchev–Trinajstić information content (AvgIpc) is 2.42. The maximum absolute atomic E-state index is 9.53. The molecule has 0 bridgehead atoms. The predicted octanol–water partition coefficient (Wildman–Crippen LogP) is 0.497. The molecule has 0 spiro atoms. The van der Waals surface area contributed by atoms with Crippen molar-refractivity contribution >= 4 is 0 Å². The molecule has 0 amide bonds. The van der Waals surface area contributed by atoms with Gasteiger partial charge < -0.3 is 10.4 Å². The molecule has 17 heavy (non-hydrogen) atoms. The fraction of sp³-hybridized carbons (Fsp3) is 0.462. The standard InChI is InChI=1S/C13H17N3O/c14-9-11-1-3-12(4-2-11)13(10-17)16-7-5-15-6-8-16/h1-4,13,15,17H,5-8,10H2/t13-/m1/s1. The number of hydrogen-bond donors (Lipinski definition) is 2. The lowest BCUT2D eigenvalue weighted by Crippen LogP contribution is -2.46. The average molecular weight is 231 g/mol. The van der Waals surface area contributed by atoms with Crippen LogP contribution in [0.3, 0.4) is 0 Å². The topological polar surface area (TPSA) is 59.3 Å². The SMILES string of the molecule is N#Cc1ccc([C@@H](CO)N2CCNCC2)cc1. The number of rotatable bonds is 3. The molecule has 0 aliphatic carbocycles. The number of aliphatic hydroxyl groups is 1. The molecule has 0 unspecified atom stereocenters. The maximum atomic E-state index is 9.53. The van der Waals surface area contributed by atoms with Crippen LogP contribution in [0, 0.1) is 11.3 Å². The van der Waals surface area contributed by atoms with Crippen LogP contribution in [0.5, 0.6) is 0 Å². The first-order chi connectivity index (χ1) is 8.35. The van der Waals surface area contributed by atoms with Crippen molar-refractivity contribution < 1.29 is 5.11 Å². The Bertz CT molecular complexity index is 390. The highest BCUT2D eigenvalue weighted by Crippen LogP contribution is 2.20. The van der Waals surface area contributed by atoms with E-state index in [1.54, 1.807) is 12.1 Å². The fourth-order valence-electron chi connectivity index (χ4n) is 2.21. The van der Waals surface area contributed by atoms with Crippen LogP contribution in [0.4, 0.5) is 0 Å². The van der Waals surface area contributed by atoms with Crippen molar-refractivity contribution in [1.29, 1.82) is 5.26 Å². The van der Waals surface area contributed by atoms with Crippen molar-refractivity contribution in [2.45, 2.75) is 6.04 Å². The second-order valence-electron chi connectivity index (χ2n) is 4.22. The lowest BCUT2D eigenvalue weighted by atomic mass is 10.0. The molecule has 1 aliphatic heterocycles. The highest BCUT2D eigenvalue weighted by molar-refractivity contribution is 5.33. The van der Waals surface area contributed by atoms with Gasteiger partial charge in [0.05, 0.1) is 24.3 Å². The van der Waals surface area contributed by atoms with Crippen molar-refractivity contribution in [2.75, 3.05) is 32.8 Å². The third-order valence-corrected chi connectivity index (χ3v) is 3.19. The highest BCUT2D eigenvalue weighted by Gasteiger charge is 2.21. The van der Waals surface area contributed by atoms with Gasteiger partial charge in [-0.25, -0.2) is 0 Å². The number of hydrogen-bond acceptors (Lipinski definition) is 4. The smallest absolute Gasteiger partial charge is 0.0991 e. The molecule has 1 heterocycles. The van der Waals surface area contributed by atoms with E-state index in [1.807, 2.05) is 12.1 Å². The quantitative estimate of drug-likeness (QED) is 0.795. The lowest BCUT2D eigenvalue weighted by molar-refractivity contribution is 0.111. The van der Waals surface area contributed by atoms with E-state index >= 15 is 0 Å². The van der Waals surface area contributed by atoms with Crippen LogP contribution >= 0.6 is 0 Å². The largest absolute Gasteiger partial charge is 0.394 e. The van der Waals surface area contributed by atoms with Crippen molar-refractivity contribution in [3.05, 3.63) is 35.4 Å². The molecule has 2 N–H and O–H groups in total. The Morgan fingerprint density at radius 1 is 1.29 bits per heavy atom. The summed E-state index contributed by atoms with van der Waals surface area (Å²) < 4.78 is 0. The first-order valence-corrected chi connectivity index (χ1v) is 5.91. The fourth-order valence-corrected chi connectivity index (χ4v) is 2.21. The Hall–Kier alpha value is -1.41. The summed E-state index contributed by atoms with van der Waals surface area (Å²) in [5, 5.41) is 21.6. The van der Waals surface area contributed by atoms with Gasteiger partial charge in [0.25, 0.3) is 0 Å². The predicted molar refractivity (Wildman–Crippen MR) is 65.4 cm³/mol. The van der Waals surface area contributed by atoms with Gasteiger partial charge in [-0.3, -0.25) is 4.90 Å². The molecule has 1 fully saturated rings. The van der Waals surface area contributed by atoms with Crippen LogP contribution < -0.4 is 5.32 Å². The Morgan fingerprint density at radius 2 is 1.94 bits per heavy atom. The summed E-state index contributed by atoms with van der Waals surface area (Å²) in [5.41, 5.74) is 1.74. The van der Waals surface area contributed by atoms with Gasteiger partial charge in [-0.2, -0.15) is 5.26 Å². The van der Waals surface area contributed by atoms with Crippen LogP contribution in [0.25, 0.3) is 0 Å². The Kier molecular flexibility index (Phi) is 4.10. The Balaban J connectivity index is 2.13. The van der Waals surface area contributed by atoms with Crippen molar-refractivity contribution in [1.82, 2.24) is 10.2 Å². The highest BCUT2D eigenvalue weighted by atomic mass is 16.3. The molecule has 90 valence electrons. The van der Waals surface area contributed by atoms with Crippen LogP contribution in [-0.2, 0) is 0 Å². The van der Waals surface area contributed by atoms with Gasteiger partial charge in [0.1, 0.15) is 0 Å². The molecule has 0 radical (unpaired) electrons. The summed E-state index contributed by atoms with van der Waals surface area (Å²) >= 11 is 0. The van der Waals surface area contributed by atoms with Crippen LogP contribution in [0.15, 0.2) is 24.3 Å². The summed E-state index contributed by atoms with van der Waals surface area (Å²) in [6, 6.07) is 9.63. The first kappa shape index (κ1) is 12.1. The number of aliphatic hydroxyl groups excluding tert-OH is 1. The molecule has 1 aromatic carbocycles. The second-order valence-corrected chi connectivity index (χ2v) is 4.22. The molecule has 4 heteroatoms. The Morgan fingerprint density at radius 3 is 2.47 bits per heavy atom. The van der Waals surface area contributed by atoms with Gasteiger partial charge in [0, 0.05) is 26.2 Å². The van der Waals surface area contributed by atoms with Crippen LogP contribution in [0.2, 0.25) is 0 Å².